The van der Waals surface area contributed by atoms with Crippen molar-refractivity contribution in [3.05, 3.63) is 58.4 Å². The highest BCUT2D eigenvalue weighted by Crippen LogP contribution is 2.37. The van der Waals surface area contributed by atoms with Gasteiger partial charge >= 0.3 is 0 Å². The third-order valence-corrected chi connectivity index (χ3v) is 7.57. The largest absolute Gasteiger partial charge is 0.454 e. The van der Waals surface area contributed by atoms with Crippen molar-refractivity contribution in [3.8, 4) is 11.5 Å². The number of fused-ring (bicyclic) bond motifs is 1. The second-order valence-electron chi connectivity index (χ2n) is 7.13. The van der Waals surface area contributed by atoms with Crippen molar-refractivity contribution < 1.29 is 27.2 Å². The van der Waals surface area contributed by atoms with E-state index in [1.807, 2.05) is 0 Å². The molecule has 1 aliphatic rings. The molecule has 9 nitrogen and oxygen atoms in total. The van der Waals surface area contributed by atoms with Crippen LogP contribution < -0.4 is 18.7 Å². The highest BCUT2D eigenvalue weighted by molar-refractivity contribution is 9.10. The number of nitrogens with zero attached hydrogens (tertiary/aromatic N) is 3. The number of halogens is 1. The molecule has 0 atom stereocenters. The van der Waals surface area contributed by atoms with E-state index in [1.165, 1.54) is 24.8 Å². The number of hydrogen-bond acceptors (Lipinski definition) is 7. The smallest absolute Gasteiger partial charge is 0.270 e. The first-order chi connectivity index (χ1) is 15.2. The first kappa shape index (κ1) is 22.2. The SMILES string of the molecule is Cc1noc(C)c1S(=O)(=O)N(CC(=O)N(C)c1ccc(Br)cc1)c1ccc2c(c1)OCO2. The predicted molar refractivity (Wildman–Crippen MR) is 121 cm³/mol. The summed E-state index contributed by atoms with van der Waals surface area (Å²) in [5, 5.41) is 3.76. The lowest BCUT2D eigenvalue weighted by atomic mass is 10.2. The van der Waals surface area contributed by atoms with Crippen LogP contribution in [0.15, 0.2) is 56.4 Å². The number of hydrogen-bond donors (Lipinski definition) is 0. The molecule has 4 rings (SSSR count). The number of benzene rings is 2. The van der Waals surface area contributed by atoms with Crippen LogP contribution >= 0.6 is 15.9 Å². The minimum atomic E-state index is -4.18. The molecule has 2 aromatic carbocycles. The lowest BCUT2D eigenvalue weighted by Crippen LogP contribution is -2.42. The molecule has 0 radical (unpaired) electrons. The molecule has 0 saturated carbocycles. The third kappa shape index (κ3) is 4.05. The summed E-state index contributed by atoms with van der Waals surface area (Å²) in [5.41, 5.74) is 1.09. The number of carbonyl (C=O) groups is 1. The number of anilines is 2. The van der Waals surface area contributed by atoms with E-state index in [4.69, 9.17) is 14.0 Å². The van der Waals surface area contributed by atoms with Crippen molar-refractivity contribution in [2.75, 3.05) is 29.6 Å². The number of ether oxygens (including phenoxy) is 2. The van der Waals surface area contributed by atoms with Crippen LogP contribution in [0.25, 0.3) is 0 Å². The Morgan fingerprint density at radius 1 is 1.06 bits per heavy atom. The van der Waals surface area contributed by atoms with Gasteiger partial charge in [-0.05, 0) is 50.2 Å². The number of rotatable bonds is 6. The second kappa shape index (κ2) is 8.47. The summed E-state index contributed by atoms with van der Waals surface area (Å²) in [4.78, 5) is 14.5. The fraction of sp³-hybridized carbons (Fsp3) is 0.238. The van der Waals surface area contributed by atoms with Crippen LogP contribution in [-0.4, -0.2) is 39.9 Å². The maximum Gasteiger partial charge on any atom is 0.270 e. The highest BCUT2D eigenvalue weighted by Gasteiger charge is 2.34. The number of carbonyl (C=O) groups excluding carboxylic acids is 1. The predicted octanol–water partition coefficient (Wildman–Crippen LogP) is 3.64. The molecule has 0 unspecified atom stereocenters. The molecule has 2 heterocycles. The summed E-state index contributed by atoms with van der Waals surface area (Å²) >= 11 is 3.36. The first-order valence-corrected chi connectivity index (χ1v) is 11.8. The van der Waals surface area contributed by atoms with Crippen LogP contribution in [0.2, 0.25) is 0 Å². The van der Waals surface area contributed by atoms with Gasteiger partial charge in [0.05, 0.1) is 5.69 Å². The lowest BCUT2D eigenvalue weighted by molar-refractivity contribution is -0.116. The number of aromatic nitrogens is 1. The monoisotopic (exact) mass is 521 g/mol. The van der Waals surface area contributed by atoms with E-state index in [2.05, 4.69) is 21.1 Å². The molecule has 0 bridgehead atoms. The summed E-state index contributed by atoms with van der Waals surface area (Å²) in [6.07, 6.45) is 0. The van der Waals surface area contributed by atoms with Crippen LogP contribution in [0.5, 0.6) is 11.5 Å². The Bertz CT molecular complexity index is 1250. The van der Waals surface area contributed by atoms with Gasteiger partial charge in [-0.25, -0.2) is 8.42 Å². The van der Waals surface area contributed by atoms with Gasteiger partial charge in [0, 0.05) is 23.3 Å². The van der Waals surface area contributed by atoms with Gasteiger partial charge < -0.3 is 18.9 Å². The van der Waals surface area contributed by atoms with Crippen LogP contribution in [0.4, 0.5) is 11.4 Å². The summed E-state index contributed by atoms with van der Waals surface area (Å²) in [6.45, 7) is 2.65. The van der Waals surface area contributed by atoms with Crippen molar-refractivity contribution in [1.29, 1.82) is 0 Å². The number of likely N-dealkylation sites (N-methyl/N-ethyl adjacent to an activating group) is 1. The van der Waals surface area contributed by atoms with Gasteiger partial charge in [-0.3, -0.25) is 9.10 Å². The van der Waals surface area contributed by atoms with Crippen molar-refractivity contribution >= 4 is 43.2 Å². The maximum atomic E-state index is 13.7. The average molecular weight is 522 g/mol. The van der Waals surface area contributed by atoms with Gasteiger partial charge in [-0.15, -0.1) is 0 Å². The molecule has 1 aromatic heterocycles. The molecule has 0 aliphatic carbocycles. The minimum Gasteiger partial charge on any atom is -0.454 e. The maximum absolute atomic E-state index is 13.7. The standard InChI is InChI=1S/C21H20BrN3O6S/c1-13-21(14(2)31-23-13)32(27,28)25(17-8-9-18-19(10-17)30-12-29-18)11-20(26)24(3)16-6-4-15(22)5-7-16/h4-10H,11-12H2,1-3H3. The van der Waals surface area contributed by atoms with Crippen molar-refractivity contribution in [2.24, 2.45) is 0 Å². The topological polar surface area (TPSA) is 102 Å². The Balaban J connectivity index is 1.74. The van der Waals surface area contributed by atoms with E-state index >= 15 is 0 Å². The number of sulfonamides is 1. The Morgan fingerprint density at radius 2 is 1.72 bits per heavy atom. The average Bonchev–Trinajstić information content (AvgIpc) is 3.37. The lowest BCUT2D eigenvalue weighted by Gasteiger charge is -2.26. The number of aryl methyl sites for hydroxylation is 2. The van der Waals surface area contributed by atoms with E-state index in [0.29, 0.717) is 17.2 Å². The zero-order valence-electron chi connectivity index (χ0n) is 17.5. The summed E-state index contributed by atoms with van der Waals surface area (Å²) in [7, 11) is -2.59. The molecular weight excluding hydrogens is 502 g/mol. The van der Waals surface area contributed by atoms with Gasteiger partial charge in [0.15, 0.2) is 22.2 Å². The fourth-order valence-corrected chi connectivity index (χ4v) is 5.31. The van der Waals surface area contributed by atoms with Crippen LogP contribution in [0.3, 0.4) is 0 Å². The van der Waals surface area contributed by atoms with E-state index in [9.17, 15) is 13.2 Å². The van der Waals surface area contributed by atoms with Crippen molar-refractivity contribution in [3.63, 3.8) is 0 Å². The molecule has 1 amide bonds. The van der Waals surface area contributed by atoms with E-state index < -0.39 is 22.5 Å². The zero-order valence-corrected chi connectivity index (χ0v) is 19.9. The quantitative estimate of drug-likeness (QED) is 0.487. The Morgan fingerprint density at radius 3 is 2.38 bits per heavy atom. The molecule has 168 valence electrons. The minimum absolute atomic E-state index is 0.0423. The van der Waals surface area contributed by atoms with Gasteiger partial charge in [-0.2, -0.15) is 0 Å². The van der Waals surface area contributed by atoms with Crippen LogP contribution in [0.1, 0.15) is 11.5 Å². The van der Waals surface area contributed by atoms with E-state index in [-0.39, 0.29) is 28.8 Å². The van der Waals surface area contributed by atoms with E-state index in [1.54, 1.807) is 43.4 Å². The van der Waals surface area contributed by atoms with Gasteiger partial charge in [0.25, 0.3) is 10.0 Å². The summed E-state index contributed by atoms with van der Waals surface area (Å²) in [5.74, 6) is 0.610. The van der Waals surface area contributed by atoms with Crippen LogP contribution in [0, 0.1) is 13.8 Å². The second-order valence-corrected chi connectivity index (χ2v) is 9.85. The molecule has 32 heavy (non-hydrogen) atoms. The Hall–Kier alpha value is -3.05. The molecule has 0 fully saturated rings. The first-order valence-electron chi connectivity index (χ1n) is 9.56. The van der Waals surface area contributed by atoms with Crippen LogP contribution in [-0.2, 0) is 14.8 Å². The molecule has 1 aliphatic heterocycles. The Labute approximate surface area is 193 Å². The molecule has 0 saturated heterocycles. The highest BCUT2D eigenvalue weighted by atomic mass is 79.9. The van der Waals surface area contributed by atoms with E-state index in [0.717, 1.165) is 8.78 Å². The summed E-state index contributed by atoms with van der Waals surface area (Å²) < 4.78 is 45.0. The third-order valence-electron chi connectivity index (χ3n) is 5.03. The normalized spacial score (nSPS) is 12.6. The summed E-state index contributed by atoms with van der Waals surface area (Å²) in [6, 6.07) is 11.8. The number of amides is 1. The molecular formula is C21H20BrN3O6S. The molecule has 3 aromatic rings. The molecule has 11 heteroatoms. The van der Waals surface area contributed by atoms with Crippen molar-refractivity contribution in [1.82, 2.24) is 5.16 Å². The molecule has 0 N–H and O–H groups in total. The van der Waals surface area contributed by atoms with Crippen molar-refractivity contribution in [2.45, 2.75) is 18.7 Å². The molecule has 0 spiro atoms. The Kier molecular flexibility index (Phi) is 5.87. The zero-order chi connectivity index (χ0) is 23.0. The van der Waals surface area contributed by atoms with Gasteiger partial charge in [-0.1, -0.05) is 21.1 Å². The fourth-order valence-electron chi connectivity index (χ4n) is 3.35. The van der Waals surface area contributed by atoms with Gasteiger partial charge in [0.2, 0.25) is 12.7 Å². The van der Waals surface area contributed by atoms with Gasteiger partial charge in [0.1, 0.15) is 12.2 Å².